The first-order valence-electron chi connectivity index (χ1n) is 10.4. The molecule has 1 fully saturated rings. The average molecular weight is 465 g/mol. The number of rotatable bonds is 5. The number of nitrogens with zero attached hydrogens (tertiary/aromatic N) is 3. The molecule has 0 aromatic heterocycles. The molecule has 2 amide bonds. The third-order valence-electron chi connectivity index (χ3n) is 5.50. The molecule has 1 aliphatic rings. The summed E-state index contributed by atoms with van der Waals surface area (Å²) in [6, 6.07) is 20.4. The molecular formula is C24H21ClN4O4. The van der Waals surface area contributed by atoms with Crippen LogP contribution in [-0.4, -0.2) is 47.8 Å². The zero-order chi connectivity index (χ0) is 23.4. The van der Waals surface area contributed by atoms with E-state index >= 15 is 0 Å². The van der Waals surface area contributed by atoms with Gasteiger partial charge in [0.1, 0.15) is 0 Å². The molecule has 1 heterocycles. The topological polar surface area (TPSA) is 95.8 Å². The molecule has 8 nitrogen and oxygen atoms in total. The van der Waals surface area contributed by atoms with Gasteiger partial charge in [-0.3, -0.25) is 19.7 Å². The van der Waals surface area contributed by atoms with Crippen LogP contribution >= 0.6 is 11.6 Å². The maximum absolute atomic E-state index is 13.2. The number of benzene rings is 3. The lowest BCUT2D eigenvalue weighted by Gasteiger charge is -2.36. The number of carbonyl (C=O) groups excluding carboxylic acids is 2. The molecule has 3 aromatic carbocycles. The van der Waals surface area contributed by atoms with Gasteiger partial charge in [0, 0.05) is 44.0 Å². The van der Waals surface area contributed by atoms with E-state index < -0.39 is 10.8 Å². The van der Waals surface area contributed by atoms with Crippen molar-refractivity contribution in [3.05, 3.63) is 99.1 Å². The highest BCUT2D eigenvalue weighted by Gasteiger charge is 2.25. The number of carbonyl (C=O) groups is 2. The maximum atomic E-state index is 13.2. The van der Waals surface area contributed by atoms with Crippen molar-refractivity contribution in [3.63, 3.8) is 0 Å². The minimum absolute atomic E-state index is 0.0374. The van der Waals surface area contributed by atoms with Gasteiger partial charge in [0.05, 0.1) is 26.8 Å². The second-order valence-corrected chi connectivity index (χ2v) is 7.94. The Labute approximate surface area is 195 Å². The summed E-state index contributed by atoms with van der Waals surface area (Å²) in [5.74, 6) is -0.818. The third-order valence-corrected chi connectivity index (χ3v) is 5.83. The lowest BCUT2D eigenvalue weighted by atomic mass is 10.1. The molecule has 168 valence electrons. The molecule has 9 heteroatoms. The molecule has 0 unspecified atom stereocenters. The van der Waals surface area contributed by atoms with Gasteiger partial charge >= 0.3 is 0 Å². The first kappa shape index (κ1) is 22.3. The second kappa shape index (κ2) is 9.70. The summed E-state index contributed by atoms with van der Waals surface area (Å²) in [7, 11) is 0. The molecule has 0 atom stereocenters. The zero-order valence-electron chi connectivity index (χ0n) is 17.6. The Bertz CT molecular complexity index is 1190. The monoisotopic (exact) mass is 464 g/mol. The van der Waals surface area contributed by atoms with Crippen LogP contribution in [0, 0.1) is 10.1 Å². The van der Waals surface area contributed by atoms with Gasteiger partial charge in [-0.05, 0) is 30.3 Å². The Morgan fingerprint density at radius 2 is 1.55 bits per heavy atom. The van der Waals surface area contributed by atoms with Gasteiger partial charge in [-0.25, -0.2) is 0 Å². The van der Waals surface area contributed by atoms with E-state index in [1.807, 2.05) is 30.3 Å². The third kappa shape index (κ3) is 4.96. The number of piperazine rings is 1. The van der Waals surface area contributed by atoms with Crippen LogP contribution in [0.2, 0.25) is 5.02 Å². The number of hydrogen-bond acceptors (Lipinski definition) is 5. The fraction of sp³-hybridized carbons (Fsp3) is 0.167. The van der Waals surface area contributed by atoms with E-state index in [2.05, 4.69) is 10.2 Å². The van der Waals surface area contributed by atoms with Crippen molar-refractivity contribution >= 4 is 40.5 Å². The standard InChI is InChI=1S/C24H21ClN4O4/c25-21-11-10-18(29(32)33)16-20(21)23(30)26-22-9-5-4-8-19(22)24(31)28-14-12-27(13-15-28)17-6-2-1-3-7-17/h1-11,16H,12-15H2,(H,26,30). The maximum Gasteiger partial charge on any atom is 0.270 e. The number of halogens is 1. The Balaban J connectivity index is 1.49. The van der Waals surface area contributed by atoms with Crippen LogP contribution in [0.3, 0.4) is 0 Å². The highest BCUT2D eigenvalue weighted by Crippen LogP contribution is 2.25. The van der Waals surface area contributed by atoms with E-state index in [0.29, 0.717) is 37.4 Å². The Hall–Kier alpha value is -3.91. The lowest BCUT2D eigenvalue weighted by Crippen LogP contribution is -2.48. The van der Waals surface area contributed by atoms with Crippen molar-refractivity contribution in [3.8, 4) is 0 Å². The van der Waals surface area contributed by atoms with Crippen LogP contribution in [0.5, 0.6) is 0 Å². The first-order chi connectivity index (χ1) is 15.9. The summed E-state index contributed by atoms with van der Waals surface area (Å²) in [5.41, 5.74) is 1.50. The number of nitro groups is 1. The molecule has 1 saturated heterocycles. The fourth-order valence-corrected chi connectivity index (χ4v) is 3.95. The summed E-state index contributed by atoms with van der Waals surface area (Å²) in [4.78, 5) is 40.5. The minimum atomic E-state index is -0.627. The van der Waals surface area contributed by atoms with Crippen LogP contribution < -0.4 is 10.2 Å². The van der Waals surface area contributed by atoms with E-state index in [4.69, 9.17) is 11.6 Å². The Kier molecular flexibility index (Phi) is 6.55. The molecule has 0 aliphatic carbocycles. The van der Waals surface area contributed by atoms with Crippen LogP contribution in [0.15, 0.2) is 72.8 Å². The van der Waals surface area contributed by atoms with Crippen LogP contribution in [0.4, 0.5) is 17.1 Å². The second-order valence-electron chi connectivity index (χ2n) is 7.54. The predicted molar refractivity (Wildman–Crippen MR) is 127 cm³/mol. The summed E-state index contributed by atoms with van der Waals surface area (Å²) in [6.07, 6.45) is 0. The van der Waals surface area contributed by atoms with Crippen molar-refractivity contribution in [1.82, 2.24) is 4.90 Å². The number of nitrogens with one attached hydrogen (secondary N) is 1. The first-order valence-corrected chi connectivity index (χ1v) is 10.8. The number of para-hydroxylation sites is 2. The fourth-order valence-electron chi connectivity index (χ4n) is 3.75. The normalized spacial score (nSPS) is 13.5. The number of nitro benzene ring substituents is 1. The highest BCUT2D eigenvalue weighted by atomic mass is 35.5. The number of anilines is 2. The molecule has 3 aromatic rings. The largest absolute Gasteiger partial charge is 0.368 e. The average Bonchev–Trinajstić information content (AvgIpc) is 2.84. The molecule has 1 N–H and O–H groups in total. The summed E-state index contributed by atoms with van der Waals surface area (Å²) in [6.45, 7) is 2.50. The van der Waals surface area contributed by atoms with Crippen LogP contribution in [0.1, 0.15) is 20.7 Å². The number of amides is 2. The molecule has 0 saturated carbocycles. The van der Waals surface area contributed by atoms with Crippen molar-refractivity contribution in [1.29, 1.82) is 0 Å². The van der Waals surface area contributed by atoms with Gasteiger partial charge < -0.3 is 15.1 Å². The molecular weight excluding hydrogens is 444 g/mol. The van der Waals surface area contributed by atoms with Gasteiger partial charge in [-0.2, -0.15) is 0 Å². The zero-order valence-corrected chi connectivity index (χ0v) is 18.4. The molecule has 1 aliphatic heterocycles. The van der Waals surface area contributed by atoms with Gasteiger partial charge in [-0.1, -0.05) is 41.9 Å². The van der Waals surface area contributed by atoms with Crippen molar-refractivity contribution in [2.24, 2.45) is 0 Å². The van der Waals surface area contributed by atoms with Gasteiger partial charge in [0.2, 0.25) is 0 Å². The minimum Gasteiger partial charge on any atom is -0.368 e. The molecule has 0 spiro atoms. The summed E-state index contributed by atoms with van der Waals surface area (Å²) in [5, 5.41) is 13.8. The van der Waals surface area contributed by atoms with E-state index in [1.54, 1.807) is 29.2 Å². The molecule has 0 bridgehead atoms. The van der Waals surface area contributed by atoms with Gasteiger partial charge in [0.15, 0.2) is 0 Å². The predicted octanol–water partition coefficient (Wildman–Crippen LogP) is 4.46. The lowest BCUT2D eigenvalue weighted by molar-refractivity contribution is -0.384. The van der Waals surface area contributed by atoms with Crippen molar-refractivity contribution in [2.75, 3.05) is 36.4 Å². The quantitative estimate of drug-likeness (QED) is 0.444. The number of non-ortho nitro benzene ring substituents is 1. The van der Waals surface area contributed by atoms with Gasteiger partial charge in [0.25, 0.3) is 17.5 Å². The molecule has 0 radical (unpaired) electrons. The van der Waals surface area contributed by atoms with Crippen molar-refractivity contribution < 1.29 is 14.5 Å². The van der Waals surface area contributed by atoms with Crippen molar-refractivity contribution in [2.45, 2.75) is 0 Å². The van der Waals surface area contributed by atoms with E-state index in [0.717, 1.165) is 11.8 Å². The Morgan fingerprint density at radius 3 is 2.24 bits per heavy atom. The van der Waals surface area contributed by atoms with E-state index in [9.17, 15) is 19.7 Å². The van der Waals surface area contributed by atoms with E-state index in [-0.39, 0.29) is 22.2 Å². The summed E-state index contributed by atoms with van der Waals surface area (Å²) >= 11 is 6.09. The number of hydrogen-bond donors (Lipinski definition) is 1. The van der Waals surface area contributed by atoms with E-state index in [1.165, 1.54) is 12.1 Å². The van der Waals surface area contributed by atoms with Crippen LogP contribution in [-0.2, 0) is 0 Å². The molecule has 4 rings (SSSR count). The van der Waals surface area contributed by atoms with Crippen LogP contribution in [0.25, 0.3) is 0 Å². The molecule has 33 heavy (non-hydrogen) atoms. The highest BCUT2D eigenvalue weighted by molar-refractivity contribution is 6.34. The Morgan fingerprint density at radius 1 is 0.879 bits per heavy atom. The smallest absolute Gasteiger partial charge is 0.270 e. The van der Waals surface area contributed by atoms with Gasteiger partial charge in [-0.15, -0.1) is 0 Å². The summed E-state index contributed by atoms with van der Waals surface area (Å²) < 4.78 is 0. The SMILES string of the molecule is O=C(Nc1ccccc1C(=O)N1CCN(c2ccccc2)CC1)c1cc([N+](=O)[O-])ccc1Cl.